The number of carbonyl (C=O) groups excluding carboxylic acids is 1. The molecule has 1 aromatic carbocycles. The maximum Gasteiger partial charge on any atom is 0.286 e. The Labute approximate surface area is 201 Å². The van der Waals surface area contributed by atoms with E-state index in [9.17, 15) is 4.79 Å². The zero-order chi connectivity index (χ0) is 24.2. The van der Waals surface area contributed by atoms with Crippen LogP contribution in [0.5, 0.6) is 0 Å². The van der Waals surface area contributed by atoms with Crippen LogP contribution >= 0.6 is 0 Å². The molecule has 0 aliphatic heterocycles. The third-order valence-corrected chi connectivity index (χ3v) is 7.64. The summed E-state index contributed by atoms with van der Waals surface area (Å²) in [4.78, 5) is 14.9. The number of furan rings is 1. The number of nitrogens with one attached hydrogen (secondary N) is 1. The number of hydrogen-bond acceptors (Lipinski definition) is 3. The van der Waals surface area contributed by atoms with E-state index in [1.807, 2.05) is 6.07 Å². The maximum absolute atomic E-state index is 12.5. The third kappa shape index (κ3) is 6.09. The minimum absolute atomic E-state index is 0.117. The van der Waals surface area contributed by atoms with Crippen molar-refractivity contribution in [3.8, 4) is 0 Å². The van der Waals surface area contributed by atoms with Crippen LogP contribution < -0.4 is 5.32 Å². The zero-order valence-electron chi connectivity index (χ0n) is 21.9. The molecule has 1 N–H and O–H groups in total. The van der Waals surface area contributed by atoms with Crippen molar-refractivity contribution in [2.45, 2.75) is 91.4 Å². The second-order valence-corrected chi connectivity index (χ2v) is 11.0. The van der Waals surface area contributed by atoms with Crippen LogP contribution in [0.2, 0.25) is 0 Å². The standard InChI is InChI=1S/C29H44N2O2/c1-8-31(9-2)17-11-10-16-30-27(32)26-13-12-23(33-26)19-22-20-25-24(18-21(22)3)28(4,5)14-15-29(25,6)7/h12-13,18,20H,8-11,14-17,19H2,1-7H3,(H,30,32). The fourth-order valence-corrected chi connectivity index (χ4v) is 5.03. The monoisotopic (exact) mass is 452 g/mol. The highest BCUT2D eigenvalue weighted by atomic mass is 16.3. The average Bonchev–Trinajstić information content (AvgIpc) is 3.24. The van der Waals surface area contributed by atoms with Crippen LogP contribution in [0.1, 0.15) is 106 Å². The van der Waals surface area contributed by atoms with E-state index in [-0.39, 0.29) is 16.7 Å². The molecule has 0 saturated heterocycles. The molecule has 0 radical (unpaired) electrons. The molecule has 1 aliphatic carbocycles. The molecule has 2 aromatic rings. The van der Waals surface area contributed by atoms with Crippen molar-refractivity contribution in [2.24, 2.45) is 0 Å². The Hall–Kier alpha value is -2.07. The van der Waals surface area contributed by atoms with Gasteiger partial charge in [-0.25, -0.2) is 0 Å². The van der Waals surface area contributed by atoms with Crippen LogP contribution in [-0.4, -0.2) is 37.0 Å². The van der Waals surface area contributed by atoms with Gasteiger partial charge in [0.05, 0.1) is 0 Å². The topological polar surface area (TPSA) is 45.5 Å². The molecule has 0 spiro atoms. The van der Waals surface area contributed by atoms with Crippen molar-refractivity contribution in [1.29, 1.82) is 0 Å². The quantitative estimate of drug-likeness (QED) is 0.425. The fourth-order valence-electron chi connectivity index (χ4n) is 5.03. The van der Waals surface area contributed by atoms with Gasteiger partial charge < -0.3 is 14.6 Å². The van der Waals surface area contributed by atoms with Crippen molar-refractivity contribution < 1.29 is 9.21 Å². The SMILES string of the molecule is CCN(CC)CCCCNC(=O)c1ccc(Cc2cc3c(cc2C)C(C)(C)CCC3(C)C)o1. The third-order valence-electron chi connectivity index (χ3n) is 7.64. The van der Waals surface area contributed by atoms with Gasteiger partial charge in [0.25, 0.3) is 5.91 Å². The van der Waals surface area contributed by atoms with Crippen LogP contribution in [0.25, 0.3) is 0 Å². The van der Waals surface area contributed by atoms with Gasteiger partial charge in [0.15, 0.2) is 5.76 Å². The Kier molecular flexibility index (Phi) is 8.10. The number of aryl methyl sites for hydroxylation is 1. The second-order valence-electron chi connectivity index (χ2n) is 11.0. The van der Waals surface area contributed by atoms with Crippen molar-refractivity contribution in [3.63, 3.8) is 0 Å². The molecule has 0 atom stereocenters. The summed E-state index contributed by atoms with van der Waals surface area (Å²) < 4.78 is 5.95. The Morgan fingerprint density at radius 1 is 1.00 bits per heavy atom. The highest BCUT2D eigenvalue weighted by Gasteiger charge is 2.37. The summed E-state index contributed by atoms with van der Waals surface area (Å²) in [6.45, 7) is 19.9. The summed E-state index contributed by atoms with van der Waals surface area (Å²) in [5, 5.41) is 3.01. The Bertz CT molecular complexity index is 951. The second kappa shape index (κ2) is 10.5. The lowest BCUT2D eigenvalue weighted by molar-refractivity contribution is 0.0923. The summed E-state index contributed by atoms with van der Waals surface area (Å²) >= 11 is 0. The largest absolute Gasteiger partial charge is 0.456 e. The zero-order valence-corrected chi connectivity index (χ0v) is 21.9. The van der Waals surface area contributed by atoms with Crippen LogP contribution in [0.4, 0.5) is 0 Å². The van der Waals surface area contributed by atoms with E-state index in [0.717, 1.165) is 38.2 Å². The maximum atomic E-state index is 12.5. The molecule has 33 heavy (non-hydrogen) atoms. The number of fused-ring (bicyclic) bond motifs is 1. The van der Waals surface area contributed by atoms with Crippen LogP contribution in [0.3, 0.4) is 0 Å². The lowest BCUT2D eigenvalue weighted by Crippen LogP contribution is -2.34. The van der Waals surface area contributed by atoms with Crippen molar-refractivity contribution in [1.82, 2.24) is 10.2 Å². The van der Waals surface area contributed by atoms with E-state index < -0.39 is 0 Å². The van der Waals surface area contributed by atoms with Gasteiger partial charge in [0, 0.05) is 13.0 Å². The van der Waals surface area contributed by atoms with E-state index in [4.69, 9.17) is 4.42 Å². The van der Waals surface area contributed by atoms with Crippen molar-refractivity contribution in [2.75, 3.05) is 26.2 Å². The number of nitrogens with zero attached hydrogens (tertiary/aromatic N) is 1. The van der Waals surface area contributed by atoms with Gasteiger partial charge in [-0.15, -0.1) is 0 Å². The minimum atomic E-state index is -0.117. The van der Waals surface area contributed by atoms with E-state index in [1.165, 1.54) is 35.1 Å². The molecule has 1 aromatic heterocycles. The van der Waals surface area contributed by atoms with Crippen LogP contribution in [0, 0.1) is 6.92 Å². The molecular formula is C29H44N2O2. The summed E-state index contributed by atoms with van der Waals surface area (Å²) in [6.07, 6.45) is 5.21. The molecule has 3 rings (SSSR count). The lowest BCUT2D eigenvalue weighted by Gasteiger charge is -2.42. The molecule has 0 bridgehead atoms. The first kappa shape index (κ1) is 25.6. The first-order valence-electron chi connectivity index (χ1n) is 12.8. The highest BCUT2D eigenvalue weighted by molar-refractivity contribution is 5.91. The number of rotatable bonds is 10. The Morgan fingerprint density at radius 3 is 2.27 bits per heavy atom. The van der Waals surface area contributed by atoms with E-state index in [0.29, 0.717) is 18.7 Å². The molecule has 1 aliphatic rings. The van der Waals surface area contributed by atoms with E-state index in [1.54, 1.807) is 6.07 Å². The van der Waals surface area contributed by atoms with Gasteiger partial charge >= 0.3 is 0 Å². The van der Waals surface area contributed by atoms with Gasteiger partial charge in [-0.3, -0.25) is 4.79 Å². The van der Waals surface area contributed by atoms with Gasteiger partial charge in [0.1, 0.15) is 5.76 Å². The van der Waals surface area contributed by atoms with Gasteiger partial charge in [0.2, 0.25) is 0 Å². The van der Waals surface area contributed by atoms with E-state index >= 15 is 0 Å². The van der Waals surface area contributed by atoms with Crippen molar-refractivity contribution >= 4 is 5.91 Å². The van der Waals surface area contributed by atoms with E-state index in [2.05, 4.69) is 70.8 Å². The molecule has 1 amide bonds. The Morgan fingerprint density at radius 2 is 1.64 bits per heavy atom. The number of carbonyl (C=O) groups is 1. The van der Waals surface area contributed by atoms with Gasteiger partial charge in [-0.05, 0) is 97.5 Å². The normalized spacial score (nSPS) is 16.6. The number of hydrogen-bond donors (Lipinski definition) is 1. The van der Waals surface area contributed by atoms with Gasteiger partial charge in [-0.1, -0.05) is 53.7 Å². The molecule has 1 heterocycles. The fraction of sp³-hybridized carbons (Fsp3) is 0.621. The molecule has 182 valence electrons. The number of amides is 1. The van der Waals surface area contributed by atoms with Crippen LogP contribution in [-0.2, 0) is 17.3 Å². The van der Waals surface area contributed by atoms with Gasteiger partial charge in [-0.2, -0.15) is 0 Å². The molecule has 4 nitrogen and oxygen atoms in total. The highest BCUT2D eigenvalue weighted by Crippen LogP contribution is 2.46. The summed E-state index contributed by atoms with van der Waals surface area (Å²) in [6, 6.07) is 8.54. The molecule has 4 heteroatoms. The predicted molar refractivity (Wildman–Crippen MR) is 137 cm³/mol. The number of benzene rings is 1. The number of unbranched alkanes of at least 4 members (excludes halogenated alkanes) is 1. The lowest BCUT2D eigenvalue weighted by atomic mass is 9.62. The first-order valence-corrected chi connectivity index (χ1v) is 12.8. The minimum Gasteiger partial charge on any atom is -0.456 e. The smallest absolute Gasteiger partial charge is 0.286 e. The molecule has 0 unspecified atom stereocenters. The Balaban J connectivity index is 1.62. The average molecular weight is 453 g/mol. The molecule has 0 saturated carbocycles. The summed E-state index contributed by atoms with van der Waals surface area (Å²) in [5.74, 6) is 1.14. The summed E-state index contributed by atoms with van der Waals surface area (Å²) in [5.41, 5.74) is 5.95. The van der Waals surface area contributed by atoms with Crippen molar-refractivity contribution in [3.05, 3.63) is 58.0 Å². The molecular weight excluding hydrogens is 408 g/mol. The predicted octanol–water partition coefficient (Wildman–Crippen LogP) is 6.38. The van der Waals surface area contributed by atoms with Crippen LogP contribution in [0.15, 0.2) is 28.7 Å². The summed E-state index contributed by atoms with van der Waals surface area (Å²) in [7, 11) is 0. The molecule has 0 fully saturated rings. The first-order chi connectivity index (χ1) is 15.6.